The van der Waals surface area contributed by atoms with Crippen LogP contribution in [0.5, 0.6) is 5.75 Å². The van der Waals surface area contributed by atoms with Crippen molar-refractivity contribution in [1.82, 2.24) is 0 Å². The quantitative estimate of drug-likeness (QED) is 0.436. The summed E-state index contributed by atoms with van der Waals surface area (Å²) in [7, 11) is 0. The molecule has 2 unspecified atom stereocenters. The Morgan fingerprint density at radius 3 is 2.48 bits per heavy atom. The molecule has 160 valence electrons. The van der Waals surface area contributed by atoms with Gasteiger partial charge in [-0.05, 0) is 74.3 Å². The number of hydrogen-bond donors (Lipinski definition) is 0. The van der Waals surface area contributed by atoms with Gasteiger partial charge in [-0.2, -0.15) is 4.39 Å². The molecular weight excluding hydrogens is 370 g/mol. The fourth-order valence-corrected chi connectivity index (χ4v) is 4.75. The summed E-state index contributed by atoms with van der Waals surface area (Å²) >= 11 is 0. The summed E-state index contributed by atoms with van der Waals surface area (Å²) in [5.41, 5.74) is 0.493. The number of unbranched alkanes of at least 4 members (excludes halogenated alkanes) is 1. The van der Waals surface area contributed by atoms with Crippen LogP contribution in [-0.4, -0.2) is 19.3 Å². The molecule has 4 heteroatoms. The second kappa shape index (κ2) is 10.9. The lowest BCUT2D eigenvalue weighted by atomic mass is 9.72. The molecule has 0 bridgehead atoms. The van der Waals surface area contributed by atoms with Gasteiger partial charge in [-0.1, -0.05) is 44.2 Å². The number of ether oxygens (including phenoxy) is 2. The van der Waals surface area contributed by atoms with Crippen LogP contribution in [-0.2, 0) is 4.74 Å². The Labute approximate surface area is 174 Å². The zero-order valence-corrected chi connectivity index (χ0v) is 17.5. The smallest absolute Gasteiger partial charge is 0.200 e. The number of halogens is 2. The van der Waals surface area contributed by atoms with Crippen LogP contribution >= 0.6 is 0 Å². The van der Waals surface area contributed by atoms with Crippen molar-refractivity contribution in [2.75, 3.05) is 13.2 Å². The van der Waals surface area contributed by atoms with E-state index < -0.39 is 11.6 Å². The Balaban J connectivity index is 1.51. The van der Waals surface area contributed by atoms with Gasteiger partial charge in [-0.3, -0.25) is 0 Å². The third kappa shape index (κ3) is 5.69. The summed E-state index contributed by atoms with van der Waals surface area (Å²) < 4.78 is 40.1. The Bertz CT molecular complexity index is 684. The topological polar surface area (TPSA) is 18.5 Å². The van der Waals surface area contributed by atoms with Crippen molar-refractivity contribution in [3.8, 4) is 5.75 Å². The molecule has 0 N–H and O–H groups in total. The summed E-state index contributed by atoms with van der Waals surface area (Å²) in [5.74, 6) is -0.352. The number of benzene rings is 1. The van der Waals surface area contributed by atoms with Gasteiger partial charge in [-0.15, -0.1) is 0 Å². The van der Waals surface area contributed by atoms with Gasteiger partial charge in [0, 0.05) is 0 Å². The minimum absolute atomic E-state index is 0.0401. The van der Waals surface area contributed by atoms with Crippen molar-refractivity contribution < 1.29 is 18.3 Å². The predicted molar refractivity (Wildman–Crippen MR) is 113 cm³/mol. The van der Waals surface area contributed by atoms with E-state index in [-0.39, 0.29) is 24.4 Å². The average molecular weight is 405 g/mol. The van der Waals surface area contributed by atoms with Crippen LogP contribution < -0.4 is 4.74 Å². The lowest BCUT2D eigenvalue weighted by Crippen LogP contribution is -2.31. The number of allylic oxidation sites excluding steroid dienone is 1. The SMILES string of the molecule is C=CCOc1ccc(C2CCC(C3CCC(/C=C/CCC)OC3)CC2)c(F)c1F. The first-order valence-corrected chi connectivity index (χ1v) is 11.1. The standard InChI is InChI=1S/C25H34F2O2/c1-3-5-6-7-21-13-12-20(17-29-21)18-8-10-19(11-9-18)22-14-15-23(28-16-4-2)25(27)24(22)26/h4,6-7,14-15,18-21H,2-3,5,8-13,16-17H2,1H3/b7-6+. The minimum Gasteiger partial charge on any atom is -0.486 e. The summed E-state index contributed by atoms with van der Waals surface area (Å²) in [6.07, 6.45) is 14.8. The van der Waals surface area contributed by atoms with E-state index in [1.54, 1.807) is 12.1 Å². The molecule has 2 nitrogen and oxygen atoms in total. The van der Waals surface area contributed by atoms with Crippen LogP contribution in [0.25, 0.3) is 0 Å². The lowest BCUT2D eigenvalue weighted by molar-refractivity contribution is -0.0150. The van der Waals surface area contributed by atoms with E-state index in [1.807, 2.05) is 0 Å². The molecule has 2 atom stereocenters. The number of hydrogen-bond acceptors (Lipinski definition) is 2. The first-order valence-electron chi connectivity index (χ1n) is 11.1. The van der Waals surface area contributed by atoms with Crippen LogP contribution in [0.1, 0.15) is 69.8 Å². The maximum absolute atomic E-state index is 14.6. The van der Waals surface area contributed by atoms with Crippen molar-refractivity contribution in [3.63, 3.8) is 0 Å². The molecule has 0 spiro atoms. The molecule has 1 saturated carbocycles. The molecule has 0 aromatic heterocycles. The zero-order chi connectivity index (χ0) is 20.6. The maximum Gasteiger partial charge on any atom is 0.200 e. The highest BCUT2D eigenvalue weighted by molar-refractivity contribution is 5.33. The van der Waals surface area contributed by atoms with E-state index in [4.69, 9.17) is 9.47 Å². The summed E-state index contributed by atoms with van der Waals surface area (Å²) in [6, 6.07) is 3.24. The molecule has 1 aromatic carbocycles. The average Bonchev–Trinajstić information content (AvgIpc) is 2.76. The Morgan fingerprint density at radius 1 is 1.07 bits per heavy atom. The van der Waals surface area contributed by atoms with Crippen LogP contribution in [0.15, 0.2) is 36.9 Å². The molecule has 1 aliphatic carbocycles. The van der Waals surface area contributed by atoms with Gasteiger partial charge in [-0.25, -0.2) is 4.39 Å². The monoisotopic (exact) mass is 404 g/mol. The van der Waals surface area contributed by atoms with Gasteiger partial charge in [0.2, 0.25) is 5.82 Å². The first kappa shape index (κ1) is 22.0. The van der Waals surface area contributed by atoms with Crippen molar-refractivity contribution in [1.29, 1.82) is 0 Å². The largest absolute Gasteiger partial charge is 0.486 e. The number of rotatable bonds is 8. The summed E-state index contributed by atoms with van der Waals surface area (Å²) in [4.78, 5) is 0. The second-order valence-corrected chi connectivity index (χ2v) is 8.42. The normalized spacial score (nSPS) is 27.8. The van der Waals surface area contributed by atoms with Crippen LogP contribution in [0, 0.1) is 23.5 Å². The summed E-state index contributed by atoms with van der Waals surface area (Å²) in [5, 5.41) is 0. The van der Waals surface area contributed by atoms with Crippen LogP contribution in [0.3, 0.4) is 0 Å². The molecule has 2 aliphatic rings. The molecule has 0 amide bonds. The fourth-order valence-electron chi connectivity index (χ4n) is 4.75. The highest BCUT2D eigenvalue weighted by Crippen LogP contribution is 2.42. The fraction of sp³-hybridized carbons (Fsp3) is 0.600. The molecule has 1 aliphatic heterocycles. The van der Waals surface area contributed by atoms with Gasteiger partial charge < -0.3 is 9.47 Å². The highest BCUT2D eigenvalue weighted by atomic mass is 19.2. The third-order valence-electron chi connectivity index (χ3n) is 6.46. The van der Waals surface area contributed by atoms with Crippen LogP contribution in [0.2, 0.25) is 0 Å². The second-order valence-electron chi connectivity index (χ2n) is 8.42. The zero-order valence-electron chi connectivity index (χ0n) is 17.5. The Kier molecular flexibility index (Phi) is 8.29. The molecule has 3 rings (SSSR count). The van der Waals surface area contributed by atoms with E-state index in [0.717, 1.165) is 45.1 Å². The van der Waals surface area contributed by atoms with Crippen molar-refractivity contribution in [2.24, 2.45) is 11.8 Å². The Morgan fingerprint density at radius 2 is 1.83 bits per heavy atom. The van der Waals surface area contributed by atoms with E-state index in [0.29, 0.717) is 17.4 Å². The molecule has 2 fully saturated rings. The van der Waals surface area contributed by atoms with Gasteiger partial charge in [0.1, 0.15) is 6.61 Å². The molecular formula is C25H34F2O2. The third-order valence-corrected chi connectivity index (χ3v) is 6.46. The maximum atomic E-state index is 14.6. The molecule has 1 heterocycles. The molecule has 0 radical (unpaired) electrons. The highest BCUT2D eigenvalue weighted by Gasteiger charge is 2.32. The van der Waals surface area contributed by atoms with Gasteiger partial charge in [0.25, 0.3) is 0 Å². The van der Waals surface area contributed by atoms with E-state index >= 15 is 0 Å². The Hall–Kier alpha value is -1.68. The van der Waals surface area contributed by atoms with Crippen molar-refractivity contribution in [2.45, 2.75) is 70.3 Å². The van der Waals surface area contributed by atoms with Crippen molar-refractivity contribution >= 4 is 0 Å². The molecule has 1 saturated heterocycles. The van der Waals surface area contributed by atoms with Gasteiger partial charge >= 0.3 is 0 Å². The molecule has 1 aromatic rings. The predicted octanol–water partition coefficient (Wildman–Crippen LogP) is 6.95. The minimum atomic E-state index is -0.880. The van der Waals surface area contributed by atoms with E-state index in [1.165, 1.54) is 18.9 Å². The van der Waals surface area contributed by atoms with Crippen molar-refractivity contribution in [3.05, 3.63) is 54.1 Å². The first-order chi connectivity index (χ1) is 14.1. The molecule has 29 heavy (non-hydrogen) atoms. The lowest BCUT2D eigenvalue weighted by Gasteiger charge is -2.37. The van der Waals surface area contributed by atoms with E-state index in [2.05, 4.69) is 25.7 Å². The van der Waals surface area contributed by atoms with Crippen LogP contribution in [0.4, 0.5) is 8.78 Å². The summed E-state index contributed by atoms with van der Waals surface area (Å²) in [6.45, 7) is 6.71. The van der Waals surface area contributed by atoms with E-state index in [9.17, 15) is 8.78 Å². The van der Waals surface area contributed by atoms with Gasteiger partial charge in [0.15, 0.2) is 11.6 Å². The van der Waals surface area contributed by atoms with Gasteiger partial charge in [0.05, 0.1) is 12.7 Å².